The minimum absolute atomic E-state index is 0.0216. The number of hydrogen-bond donors (Lipinski definition) is 3. The SMILES string of the molecule is COc1cc(O)cc(OC)c1C1C2=CCC3C(=O)N(c4cccc(B(O)O)c4)C(=O)C3C2CC2(Cl)C(=O)N(c3ccc(F)cc3)C(=O)C12Cl. The maximum atomic E-state index is 14.6. The van der Waals surface area contributed by atoms with Crippen molar-refractivity contribution in [2.75, 3.05) is 24.0 Å². The Morgan fingerprint density at radius 1 is 0.857 bits per heavy atom. The lowest BCUT2D eigenvalue weighted by Gasteiger charge is -2.51. The number of allylic oxidation sites excluding steroid dienone is 2. The van der Waals surface area contributed by atoms with Gasteiger partial charge >= 0.3 is 7.12 Å². The normalized spacial score (nSPS) is 29.0. The van der Waals surface area contributed by atoms with E-state index in [9.17, 15) is 38.7 Å². The summed E-state index contributed by atoms with van der Waals surface area (Å²) in [5.74, 6) is -7.78. The van der Waals surface area contributed by atoms with Crippen LogP contribution in [0.5, 0.6) is 17.2 Å². The van der Waals surface area contributed by atoms with E-state index in [4.69, 9.17) is 32.7 Å². The predicted octanol–water partition coefficient (Wildman–Crippen LogP) is 3.00. The van der Waals surface area contributed by atoms with E-state index in [-0.39, 0.29) is 52.5 Å². The predicted molar refractivity (Wildman–Crippen MR) is 177 cm³/mol. The van der Waals surface area contributed by atoms with Crippen LogP contribution in [0.1, 0.15) is 24.3 Å². The van der Waals surface area contributed by atoms with Crippen molar-refractivity contribution >= 4 is 70.8 Å². The number of carbonyl (C=O) groups excluding carboxylic acids is 4. The minimum atomic E-state index is -2.26. The standard InChI is InChI=1S/C34H28BCl2FN2O9/c1-48-24-13-20(41)14-25(49-2)27(24)28-21-10-11-22-26(30(43)39(29(22)42)19-5-3-4-16(12-19)35(46)47)23(21)15-33(36)31(44)40(32(45)34(28,33)37)18-8-6-17(38)7-9-18/h3-10,12-14,22-23,26,28,41,46-47H,11,15H2,1-2H3. The molecule has 6 atom stereocenters. The van der Waals surface area contributed by atoms with Crippen molar-refractivity contribution in [3.8, 4) is 17.2 Å². The topological polar surface area (TPSA) is 154 Å². The summed E-state index contributed by atoms with van der Waals surface area (Å²) < 4.78 is 25.2. The van der Waals surface area contributed by atoms with Crippen LogP contribution in [0.2, 0.25) is 0 Å². The lowest BCUT2D eigenvalue weighted by Crippen LogP contribution is -2.60. The third-order valence-electron chi connectivity index (χ3n) is 10.1. The van der Waals surface area contributed by atoms with Crippen molar-refractivity contribution in [2.24, 2.45) is 17.8 Å². The molecule has 49 heavy (non-hydrogen) atoms. The zero-order chi connectivity index (χ0) is 35.2. The zero-order valence-corrected chi connectivity index (χ0v) is 27.5. The number of imide groups is 2. The number of alkyl halides is 2. The first-order valence-electron chi connectivity index (χ1n) is 15.3. The fraction of sp³-hybridized carbons (Fsp3) is 0.294. The summed E-state index contributed by atoms with van der Waals surface area (Å²) in [6.07, 6.45) is 1.46. The Kier molecular flexibility index (Phi) is 7.82. The van der Waals surface area contributed by atoms with Gasteiger partial charge in [0.05, 0.1) is 37.4 Å². The Balaban J connectivity index is 1.43. The largest absolute Gasteiger partial charge is 0.508 e. The molecule has 0 aromatic heterocycles. The van der Waals surface area contributed by atoms with Gasteiger partial charge in [0.2, 0.25) is 11.8 Å². The second-order valence-electron chi connectivity index (χ2n) is 12.5. The summed E-state index contributed by atoms with van der Waals surface area (Å²) in [5.41, 5.74) is 0.844. The number of nitrogens with zero attached hydrogens (tertiary/aromatic N) is 2. The molecule has 4 amide bonds. The molecule has 6 unspecified atom stereocenters. The number of benzene rings is 3. The zero-order valence-electron chi connectivity index (χ0n) is 26.0. The first-order chi connectivity index (χ1) is 23.3. The molecule has 4 aliphatic rings. The van der Waals surface area contributed by atoms with Gasteiger partial charge in [0, 0.05) is 23.6 Å². The molecule has 252 valence electrons. The fourth-order valence-corrected chi connectivity index (χ4v) is 8.92. The Hall–Kier alpha value is -4.43. The van der Waals surface area contributed by atoms with Crippen LogP contribution < -0.4 is 24.7 Å². The van der Waals surface area contributed by atoms with Crippen molar-refractivity contribution in [2.45, 2.75) is 28.5 Å². The average Bonchev–Trinajstić information content (AvgIpc) is 3.42. The smallest absolute Gasteiger partial charge is 0.488 e. The van der Waals surface area contributed by atoms with Crippen LogP contribution in [-0.2, 0) is 19.2 Å². The van der Waals surface area contributed by atoms with Crippen LogP contribution >= 0.6 is 23.2 Å². The number of ether oxygens (including phenoxy) is 2. The van der Waals surface area contributed by atoms with Crippen LogP contribution in [0.25, 0.3) is 0 Å². The fourth-order valence-electron chi connectivity index (χ4n) is 8.00. The molecule has 3 aromatic rings. The Morgan fingerprint density at radius 2 is 1.51 bits per heavy atom. The molecular weight excluding hydrogens is 681 g/mol. The molecule has 15 heteroatoms. The Labute approximate surface area is 289 Å². The second-order valence-corrected chi connectivity index (χ2v) is 13.7. The van der Waals surface area contributed by atoms with Crippen LogP contribution in [0, 0.1) is 23.6 Å². The van der Waals surface area contributed by atoms with E-state index in [0.29, 0.717) is 5.57 Å². The number of phenols is 1. The van der Waals surface area contributed by atoms with Crippen molar-refractivity contribution in [1.29, 1.82) is 0 Å². The van der Waals surface area contributed by atoms with E-state index in [2.05, 4.69) is 0 Å². The maximum absolute atomic E-state index is 14.6. The van der Waals surface area contributed by atoms with Crippen LogP contribution in [0.3, 0.4) is 0 Å². The van der Waals surface area contributed by atoms with E-state index in [0.717, 1.165) is 21.9 Å². The summed E-state index contributed by atoms with van der Waals surface area (Å²) in [6, 6.07) is 13.0. The molecule has 2 aliphatic carbocycles. The number of carbonyl (C=O) groups is 4. The van der Waals surface area contributed by atoms with Crippen molar-refractivity contribution in [3.63, 3.8) is 0 Å². The maximum Gasteiger partial charge on any atom is 0.488 e. The molecule has 0 radical (unpaired) electrons. The minimum Gasteiger partial charge on any atom is -0.508 e. The van der Waals surface area contributed by atoms with Crippen LogP contribution in [0.15, 0.2) is 72.3 Å². The monoisotopic (exact) mass is 708 g/mol. The molecular formula is C34H28BCl2FN2O9. The van der Waals surface area contributed by atoms with Gasteiger partial charge < -0.3 is 24.6 Å². The van der Waals surface area contributed by atoms with E-state index >= 15 is 0 Å². The molecule has 3 N–H and O–H groups in total. The first-order valence-corrected chi connectivity index (χ1v) is 16.0. The summed E-state index contributed by atoms with van der Waals surface area (Å²) in [5, 5.41) is 30.0. The highest BCUT2D eigenvalue weighted by atomic mass is 35.5. The third kappa shape index (κ3) is 4.56. The number of hydrogen-bond acceptors (Lipinski definition) is 9. The van der Waals surface area contributed by atoms with Crippen LogP contribution in [0.4, 0.5) is 15.8 Å². The van der Waals surface area contributed by atoms with E-state index in [1.807, 2.05) is 0 Å². The van der Waals surface area contributed by atoms with Gasteiger partial charge in [-0.25, -0.2) is 9.29 Å². The molecule has 11 nitrogen and oxygen atoms in total. The Bertz CT molecular complexity index is 1950. The summed E-state index contributed by atoms with van der Waals surface area (Å²) in [4.78, 5) is 54.7. The van der Waals surface area contributed by atoms with Gasteiger partial charge in [0.1, 0.15) is 23.1 Å². The van der Waals surface area contributed by atoms with Crippen molar-refractivity contribution < 1.29 is 48.2 Å². The number of methoxy groups -OCH3 is 2. The summed E-state index contributed by atoms with van der Waals surface area (Å²) in [6.45, 7) is 0. The molecule has 3 fully saturated rings. The van der Waals surface area contributed by atoms with E-state index in [1.165, 1.54) is 62.8 Å². The van der Waals surface area contributed by atoms with Gasteiger partial charge in [0.25, 0.3) is 11.8 Å². The number of rotatable bonds is 6. The number of fused-ring (bicyclic) bond motifs is 4. The van der Waals surface area contributed by atoms with Crippen molar-refractivity contribution in [1.82, 2.24) is 0 Å². The number of phenolic OH excluding ortho intramolecular Hbond substituents is 1. The van der Waals surface area contributed by atoms with Gasteiger partial charge in [-0.3, -0.25) is 24.1 Å². The van der Waals surface area contributed by atoms with Gasteiger partial charge in [-0.15, -0.1) is 23.2 Å². The average molecular weight is 709 g/mol. The van der Waals surface area contributed by atoms with Gasteiger partial charge in [-0.1, -0.05) is 23.8 Å². The third-order valence-corrected chi connectivity index (χ3v) is 11.6. The number of aromatic hydroxyl groups is 1. The van der Waals surface area contributed by atoms with Gasteiger partial charge in [0.15, 0.2) is 9.75 Å². The quantitative estimate of drug-likeness (QED) is 0.152. The lowest BCUT2D eigenvalue weighted by molar-refractivity contribution is -0.125. The summed E-state index contributed by atoms with van der Waals surface area (Å²) in [7, 11) is 0.818. The van der Waals surface area contributed by atoms with Gasteiger partial charge in [-0.05, 0) is 60.6 Å². The molecule has 2 aliphatic heterocycles. The highest BCUT2D eigenvalue weighted by Gasteiger charge is 2.77. The van der Waals surface area contributed by atoms with E-state index < -0.39 is 70.0 Å². The molecule has 7 rings (SSSR count). The number of halogens is 3. The molecule has 1 saturated carbocycles. The number of anilines is 2. The van der Waals surface area contributed by atoms with Crippen molar-refractivity contribution in [3.05, 3.63) is 83.7 Å². The number of amides is 4. The van der Waals surface area contributed by atoms with Gasteiger partial charge in [-0.2, -0.15) is 0 Å². The lowest BCUT2D eigenvalue weighted by atomic mass is 9.56. The molecule has 2 saturated heterocycles. The van der Waals surface area contributed by atoms with Crippen LogP contribution in [-0.4, -0.2) is 69.9 Å². The Morgan fingerprint density at radius 3 is 2.12 bits per heavy atom. The second kappa shape index (κ2) is 11.6. The highest BCUT2D eigenvalue weighted by Crippen LogP contribution is 2.67. The van der Waals surface area contributed by atoms with E-state index in [1.54, 1.807) is 6.08 Å². The highest BCUT2D eigenvalue weighted by molar-refractivity contribution is 6.59. The molecule has 3 aromatic carbocycles. The first kappa shape index (κ1) is 33.1. The molecule has 2 heterocycles. The summed E-state index contributed by atoms with van der Waals surface area (Å²) >= 11 is 14.9. The molecule has 0 bridgehead atoms. The molecule has 0 spiro atoms.